The average Bonchev–Trinajstić information content (AvgIpc) is 3.16. The van der Waals surface area contributed by atoms with Gasteiger partial charge in [0, 0.05) is 21.8 Å². The zero-order valence-corrected chi connectivity index (χ0v) is 14.6. The number of hydrogen-bond acceptors (Lipinski definition) is 4. The fourth-order valence-corrected chi connectivity index (χ4v) is 4.91. The van der Waals surface area contributed by atoms with Crippen molar-refractivity contribution >= 4 is 33.5 Å². The molecule has 3 aliphatic heterocycles. The molecule has 3 heterocycles. The van der Waals surface area contributed by atoms with Crippen molar-refractivity contribution in [3.05, 3.63) is 28.2 Å². The second-order valence-corrected chi connectivity index (χ2v) is 7.39. The molecular weight excluding hydrogens is 360 g/mol. The van der Waals surface area contributed by atoms with Crippen molar-refractivity contribution in [1.29, 1.82) is 0 Å². The van der Waals surface area contributed by atoms with Crippen LogP contribution in [0.1, 0.15) is 31.7 Å². The second-order valence-electron chi connectivity index (χ2n) is 6.47. The maximum atomic E-state index is 12.9. The molecule has 0 unspecified atom stereocenters. The van der Waals surface area contributed by atoms with Gasteiger partial charge in [0.1, 0.15) is 5.54 Å². The van der Waals surface area contributed by atoms with E-state index in [0.29, 0.717) is 13.0 Å². The van der Waals surface area contributed by atoms with Crippen LogP contribution < -0.4 is 5.32 Å². The minimum absolute atomic E-state index is 0.00991. The van der Waals surface area contributed by atoms with Crippen LogP contribution in [0.3, 0.4) is 0 Å². The standard InChI is InChI=1S/C17H19BrN2O3/c1-2-23-15(21)11-9-17(20-7-3-4-14(11)20)12-8-10(18)5-6-13(12)19-16(17)22/h5-6,8,11,14H,2-4,7,9H2,1H3,(H,19,22)/t11-,14-,17-/m0/s1. The van der Waals surface area contributed by atoms with E-state index >= 15 is 0 Å². The number of anilines is 1. The Bertz CT molecular complexity index is 692. The zero-order valence-electron chi connectivity index (χ0n) is 13.0. The lowest BCUT2D eigenvalue weighted by Gasteiger charge is -2.32. The molecule has 1 amide bonds. The van der Waals surface area contributed by atoms with Gasteiger partial charge in [0.15, 0.2) is 0 Å². The highest BCUT2D eigenvalue weighted by molar-refractivity contribution is 9.10. The second kappa shape index (κ2) is 5.31. The third-order valence-electron chi connectivity index (χ3n) is 5.41. The number of carbonyl (C=O) groups is 2. The van der Waals surface area contributed by atoms with Crippen molar-refractivity contribution in [2.45, 2.75) is 37.8 Å². The van der Waals surface area contributed by atoms with Gasteiger partial charge in [-0.3, -0.25) is 14.5 Å². The van der Waals surface area contributed by atoms with Crippen molar-refractivity contribution < 1.29 is 14.3 Å². The maximum Gasteiger partial charge on any atom is 0.310 e. The molecule has 0 aliphatic carbocycles. The molecule has 23 heavy (non-hydrogen) atoms. The number of ether oxygens (including phenoxy) is 1. The van der Waals surface area contributed by atoms with E-state index < -0.39 is 5.54 Å². The van der Waals surface area contributed by atoms with Crippen molar-refractivity contribution in [3.63, 3.8) is 0 Å². The van der Waals surface area contributed by atoms with Gasteiger partial charge in [-0.15, -0.1) is 0 Å². The molecule has 2 saturated heterocycles. The number of hydrogen-bond donors (Lipinski definition) is 1. The van der Waals surface area contributed by atoms with Crippen LogP contribution in [0.15, 0.2) is 22.7 Å². The zero-order chi connectivity index (χ0) is 16.2. The average molecular weight is 379 g/mol. The summed E-state index contributed by atoms with van der Waals surface area (Å²) >= 11 is 3.51. The quantitative estimate of drug-likeness (QED) is 0.803. The highest BCUT2D eigenvalue weighted by Crippen LogP contribution is 2.54. The largest absolute Gasteiger partial charge is 0.466 e. The van der Waals surface area contributed by atoms with Gasteiger partial charge in [0.25, 0.3) is 0 Å². The van der Waals surface area contributed by atoms with Crippen LogP contribution in [-0.4, -0.2) is 36.0 Å². The number of rotatable bonds is 2. The number of nitrogens with one attached hydrogen (secondary N) is 1. The first-order valence-electron chi connectivity index (χ1n) is 8.13. The van der Waals surface area contributed by atoms with Crippen molar-refractivity contribution in [2.75, 3.05) is 18.5 Å². The Morgan fingerprint density at radius 2 is 2.35 bits per heavy atom. The summed E-state index contributed by atoms with van der Waals surface area (Å²) in [6, 6.07) is 5.97. The molecule has 5 nitrogen and oxygen atoms in total. The predicted molar refractivity (Wildman–Crippen MR) is 88.9 cm³/mol. The number of fused-ring (bicyclic) bond motifs is 4. The molecule has 3 atom stereocenters. The molecule has 1 N–H and O–H groups in total. The molecule has 2 fully saturated rings. The normalized spacial score (nSPS) is 32.0. The lowest BCUT2D eigenvalue weighted by molar-refractivity contribution is -0.148. The number of amides is 1. The topological polar surface area (TPSA) is 58.6 Å². The van der Waals surface area contributed by atoms with Gasteiger partial charge in [-0.2, -0.15) is 0 Å². The van der Waals surface area contributed by atoms with Gasteiger partial charge < -0.3 is 10.1 Å². The molecule has 6 heteroatoms. The molecule has 3 aliphatic rings. The van der Waals surface area contributed by atoms with Crippen LogP contribution in [0.25, 0.3) is 0 Å². The third-order valence-corrected chi connectivity index (χ3v) is 5.90. The third kappa shape index (κ3) is 2.01. The van der Waals surface area contributed by atoms with Crippen LogP contribution in [-0.2, 0) is 19.9 Å². The molecule has 0 bridgehead atoms. The summed E-state index contributed by atoms with van der Waals surface area (Å²) in [5.74, 6) is -0.407. The highest BCUT2D eigenvalue weighted by atomic mass is 79.9. The van der Waals surface area contributed by atoms with Gasteiger partial charge in [0.05, 0.1) is 12.5 Å². The SMILES string of the molecule is CCOC(=O)[C@H]1C[C@]2(C(=O)Nc3ccc(Br)cc32)N2CCC[C@@H]12. The van der Waals surface area contributed by atoms with Crippen LogP contribution in [0.5, 0.6) is 0 Å². The molecule has 0 aromatic heterocycles. The van der Waals surface area contributed by atoms with Crippen LogP contribution in [0.2, 0.25) is 0 Å². The summed E-state index contributed by atoms with van der Waals surface area (Å²) in [7, 11) is 0. The first-order chi connectivity index (χ1) is 11.1. The molecule has 122 valence electrons. The molecule has 1 aromatic carbocycles. The minimum Gasteiger partial charge on any atom is -0.466 e. The number of halogens is 1. The number of esters is 1. The molecule has 0 saturated carbocycles. The predicted octanol–water partition coefficient (Wildman–Crippen LogP) is 2.64. The first kappa shape index (κ1) is 15.1. The smallest absolute Gasteiger partial charge is 0.310 e. The van der Waals surface area contributed by atoms with Crippen LogP contribution >= 0.6 is 15.9 Å². The Hall–Kier alpha value is -1.40. The van der Waals surface area contributed by atoms with Gasteiger partial charge in [0.2, 0.25) is 5.91 Å². The van der Waals surface area contributed by atoms with E-state index in [-0.39, 0.29) is 23.8 Å². The van der Waals surface area contributed by atoms with Gasteiger partial charge in [-0.05, 0) is 50.9 Å². The number of benzene rings is 1. The Balaban J connectivity index is 1.81. The Morgan fingerprint density at radius 1 is 1.52 bits per heavy atom. The van der Waals surface area contributed by atoms with Gasteiger partial charge in [-0.1, -0.05) is 15.9 Å². The Kier molecular flexibility index (Phi) is 3.50. The maximum absolute atomic E-state index is 12.9. The summed E-state index contributed by atoms with van der Waals surface area (Å²) in [6.07, 6.45) is 2.46. The summed E-state index contributed by atoms with van der Waals surface area (Å²) in [6.45, 7) is 3.05. The minimum atomic E-state index is -0.724. The van der Waals surface area contributed by atoms with E-state index in [0.717, 1.165) is 35.1 Å². The molecule has 1 aromatic rings. The summed E-state index contributed by atoms with van der Waals surface area (Å²) in [4.78, 5) is 27.6. The van der Waals surface area contributed by atoms with E-state index in [4.69, 9.17) is 4.74 Å². The monoisotopic (exact) mass is 378 g/mol. The van der Waals surface area contributed by atoms with Crippen LogP contribution in [0.4, 0.5) is 5.69 Å². The van der Waals surface area contributed by atoms with E-state index in [1.165, 1.54) is 0 Å². The summed E-state index contributed by atoms with van der Waals surface area (Å²) in [5, 5.41) is 3.01. The van der Waals surface area contributed by atoms with Crippen molar-refractivity contribution in [2.24, 2.45) is 5.92 Å². The summed E-state index contributed by atoms with van der Waals surface area (Å²) in [5.41, 5.74) is 1.11. The van der Waals surface area contributed by atoms with E-state index in [2.05, 4.69) is 26.1 Å². The van der Waals surface area contributed by atoms with Gasteiger partial charge >= 0.3 is 5.97 Å². The van der Waals surface area contributed by atoms with Gasteiger partial charge in [-0.25, -0.2) is 0 Å². The lowest BCUT2D eigenvalue weighted by Crippen LogP contribution is -2.47. The van der Waals surface area contributed by atoms with Crippen LogP contribution in [0, 0.1) is 5.92 Å². The number of nitrogens with zero attached hydrogens (tertiary/aromatic N) is 1. The molecule has 1 spiro atoms. The Morgan fingerprint density at radius 3 is 3.13 bits per heavy atom. The number of carbonyl (C=O) groups excluding carboxylic acids is 2. The van der Waals surface area contributed by atoms with Crippen molar-refractivity contribution in [1.82, 2.24) is 4.90 Å². The molecule has 0 radical (unpaired) electrons. The Labute approximate surface area is 143 Å². The molecule has 4 rings (SSSR count). The highest BCUT2D eigenvalue weighted by Gasteiger charge is 2.63. The fourth-order valence-electron chi connectivity index (χ4n) is 4.55. The lowest BCUT2D eigenvalue weighted by atomic mass is 9.84. The molecular formula is C17H19BrN2O3. The van der Waals surface area contributed by atoms with E-state index in [1.54, 1.807) is 0 Å². The first-order valence-corrected chi connectivity index (χ1v) is 8.92. The van der Waals surface area contributed by atoms with E-state index in [1.807, 2.05) is 25.1 Å². The summed E-state index contributed by atoms with van der Waals surface area (Å²) < 4.78 is 6.22. The fraction of sp³-hybridized carbons (Fsp3) is 0.529. The van der Waals surface area contributed by atoms with E-state index in [9.17, 15) is 9.59 Å². The van der Waals surface area contributed by atoms with Crippen molar-refractivity contribution in [3.8, 4) is 0 Å².